The van der Waals surface area contributed by atoms with E-state index in [0.717, 1.165) is 16.8 Å². The van der Waals surface area contributed by atoms with Crippen molar-refractivity contribution in [3.8, 4) is 5.75 Å². The zero-order chi connectivity index (χ0) is 27.4. The third kappa shape index (κ3) is 6.83. The molecular formula is C29H37N3O4S. The Balaban J connectivity index is 2.00. The number of rotatable bonds is 9. The van der Waals surface area contributed by atoms with Gasteiger partial charge in [-0.15, -0.1) is 0 Å². The molecule has 3 rings (SSSR count). The molecule has 0 aliphatic carbocycles. The van der Waals surface area contributed by atoms with E-state index in [-0.39, 0.29) is 16.8 Å². The molecule has 0 spiro atoms. The van der Waals surface area contributed by atoms with Gasteiger partial charge in [0.15, 0.2) is 0 Å². The minimum Gasteiger partial charge on any atom is -0.497 e. The van der Waals surface area contributed by atoms with Crippen molar-refractivity contribution >= 4 is 27.3 Å². The highest BCUT2D eigenvalue weighted by atomic mass is 32.2. The van der Waals surface area contributed by atoms with Crippen LogP contribution in [-0.2, 0) is 21.4 Å². The summed E-state index contributed by atoms with van der Waals surface area (Å²) in [6.45, 7) is 8.06. The Morgan fingerprint density at radius 1 is 0.973 bits per heavy atom. The molecule has 0 fully saturated rings. The molecule has 0 aliphatic rings. The van der Waals surface area contributed by atoms with Gasteiger partial charge < -0.3 is 14.5 Å². The number of benzene rings is 3. The number of carbonyl (C=O) groups is 1. The maximum atomic E-state index is 13.6. The predicted molar refractivity (Wildman–Crippen MR) is 149 cm³/mol. The maximum Gasteiger partial charge on any atom is 0.261 e. The van der Waals surface area contributed by atoms with Crippen molar-refractivity contribution in [3.05, 3.63) is 83.9 Å². The molecule has 3 aromatic carbocycles. The molecule has 0 aliphatic heterocycles. The fraction of sp³-hybridized carbons (Fsp3) is 0.345. The zero-order valence-corrected chi connectivity index (χ0v) is 23.5. The van der Waals surface area contributed by atoms with Crippen molar-refractivity contribution in [2.24, 2.45) is 5.41 Å². The second-order valence-corrected chi connectivity index (χ2v) is 12.0. The van der Waals surface area contributed by atoms with Crippen molar-refractivity contribution in [2.75, 3.05) is 30.8 Å². The fourth-order valence-corrected chi connectivity index (χ4v) is 5.14. The molecule has 0 saturated heterocycles. The number of ether oxygens (including phenoxy) is 1. The lowest BCUT2D eigenvalue weighted by Crippen LogP contribution is -2.40. The molecular weight excluding hydrogens is 486 g/mol. The molecule has 8 heteroatoms. The van der Waals surface area contributed by atoms with E-state index in [1.807, 2.05) is 88.0 Å². The van der Waals surface area contributed by atoms with Crippen molar-refractivity contribution in [3.63, 3.8) is 0 Å². The summed E-state index contributed by atoms with van der Waals surface area (Å²) in [5.41, 5.74) is 2.60. The van der Waals surface area contributed by atoms with E-state index >= 15 is 0 Å². The van der Waals surface area contributed by atoms with Crippen LogP contribution in [0.2, 0.25) is 0 Å². The number of sulfonamides is 1. The lowest BCUT2D eigenvalue weighted by molar-refractivity contribution is -0.142. The molecule has 0 bridgehead atoms. The highest BCUT2D eigenvalue weighted by Crippen LogP contribution is 2.32. The fourth-order valence-electron chi connectivity index (χ4n) is 4.09. The summed E-state index contributed by atoms with van der Waals surface area (Å²) in [5, 5.41) is 0. The Labute approximate surface area is 221 Å². The summed E-state index contributed by atoms with van der Waals surface area (Å²) in [4.78, 5) is 17.6. The maximum absolute atomic E-state index is 13.6. The van der Waals surface area contributed by atoms with Crippen LogP contribution in [0.15, 0.2) is 77.7 Å². The third-order valence-corrected chi connectivity index (χ3v) is 7.57. The smallest absolute Gasteiger partial charge is 0.261 e. The highest BCUT2D eigenvalue weighted by Gasteiger charge is 2.31. The van der Waals surface area contributed by atoms with Gasteiger partial charge in [-0.3, -0.25) is 9.52 Å². The number of hydrogen-bond donors (Lipinski definition) is 1. The Morgan fingerprint density at radius 3 is 2.14 bits per heavy atom. The van der Waals surface area contributed by atoms with E-state index in [9.17, 15) is 13.2 Å². The second-order valence-electron chi connectivity index (χ2n) is 10.3. The number of amides is 1. The Bertz CT molecular complexity index is 1320. The molecule has 198 valence electrons. The average Bonchev–Trinajstić information content (AvgIpc) is 2.86. The molecule has 37 heavy (non-hydrogen) atoms. The van der Waals surface area contributed by atoms with Gasteiger partial charge in [0.05, 0.1) is 18.0 Å². The number of anilines is 2. The Morgan fingerprint density at radius 2 is 1.59 bits per heavy atom. The van der Waals surface area contributed by atoms with Gasteiger partial charge >= 0.3 is 0 Å². The quantitative estimate of drug-likeness (QED) is 0.389. The molecule has 7 nitrogen and oxygen atoms in total. The number of nitrogens with one attached hydrogen (secondary N) is 1. The van der Waals surface area contributed by atoms with Crippen molar-refractivity contribution < 1.29 is 17.9 Å². The van der Waals surface area contributed by atoms with E-state index in [1.165, 1.54) is 19.2 Å². The van der Waals surface area contributed by atoms with E-state index in [4.69, 9.17) is 4.74 Å². The number of methoxy groups -OCH3 is 1. The van der Waals surface area contributed by atoms with Crippen LogP contribution >= 0.6 is 0 Å². The summed E-state index contributed by atoms with van der Waals surface area (Å²) in [7, 11) is 1.57. The van der Waals surface area contributed by atoms with Crippen LogP contribution in [0.3, 0.4) is 0 Å². The molecule has 1 amide bonds. The van der Waals surface area contributed by atoms with Crippen LogP contribution in [0.4, 0.5) is 11.4 Å². The molecule has 1 atom stereocenters. The summed E-state index contributed by atoms with van der Waals surface area (Å²) < 4.78 is 33.9. The third-order valence-electron chi connectivity index (χ3n) is 6.18. The first-order valence-electron chi connectivity index (χ1n) is 12.2. The molecule has 0 aromatic heterocycles. The lowest BCUT2D eigenvalue weighted by atomic mass is 9.92. The molecule has 0 saturated carbocycles. The first kappa shape index (κ1) is 28.1. The number of carbonyl (C=O) groups excluding carboxylic acids is 1. The standard InChI is InChI=1S/C29H37N3O4S/c1-21(22-11-9-8-10-12-22)32(28(33)29(2,3)4)20-23-19-24(13-18-27(23)31(5)6)30-37(34,35)26-16-14-25(36-7)15-17-26/h8-19,21,30H,20H2,1-7H3/t21-/m0/s1. The predicted octanol–water partition coefficient (Wildman–Crippen LogP) is 5.70. The topological polar surface area (TPSA) is 79.0 Å². The molecule has 0 unspecified atom stereocenters. The van der Waals surface area contributed by atoms with Crippen LogP contribution < -0.4 is 14.4 Å². The van der Waals surface area contributed by atoms with Gasteiger partial charge in [0.1, 0.15) is 5.75 Å². The van der Waals surface area contributed by atoms with Crippen LogP contribution in [0.25, 0.3) is 0 Å². The second kappa shape index (κ2) is 11.3. The minimum atomic E-state index is -3.82. The highest BCUT2D eigenvalue weighted by molar-refractivity contribution is 7.92. The van der Waals surface area contributed by atoms with Crippen LogP contribution in [0, 0.1) is 5.41 Å². The zero-order valence-electron chi connectivity index (χ0n) is 22.6. The van der Waals surface area contributed by atoms with E-state index < -0.39 is 15.4 Å². The summed E-state index contributed by atoms with van der Waals surface area (Å²) >= 11 is 0. The Hall–Kier alpha value is -3.52. The average molecular weight is 524 g/mol. The van der Waals surface area contributed by atoms with Crippen LogP contribution in [-0.4, -0.2) is 40.4 Å². The van der Waals surface area contributed by atoms with Gasteiger partial charge in [-0.25, -0.2) is 8.42 Å². The lowest BCUT2D eigenvalue weighted by Gasteiger charge is -2.35. The van der Waals surface area contributed by atoms with Gasteiger partial charge in [-0.2, -0.15) is 0 Å². The summed E-state index contributed by atoms with van der Waals surface area (Å²) in [6.07, 6.45) is 0. The van der Waals surface area contributed by atoms with Gasteiger partial charge in [0.25, 0.3) is 10.0 Å². The van der Waals surface area contributed by atoms with Crippen molar-refractivity contribution in [1.29, 1.82) is 0 Å². The number of hydrogen-bond acceptors (Lipinski definition) is 5. The van der Waals surface area contributed by atoms with Crippen molar-refractivity contribution in [2.45, 2.75) is 45.2 Å². The largest absolute Gasteiger partial charge is 0.497 e. The van der Waals surface area contributed by atoms with Crippen LogP contribution in [0.1, 0.15) is 44.9 Å². The summed E-state index contributed by atoms with van der Waals surface area (Å²) in [6, 6.07) is 21.4. The minimum absolute atomic E-state index is 0.0118. The van der Waals surface area contributed by atoms with E-state index in [2.05, 4.69) is 4.72 Å². The van der Waals surface area contributed by atoms with Gasteiger partial charge in [0.2, 0.25) is 5.91 Å². The molecule has 1 N–H and O–H groups in total. The van der Waals surface area contributed by atoms with Gasteiger partial charge in [-0.1, -0.05) is 51.1 Å². The summed E-state index contributed by atoms with van der Waals surface area (Å²) in [5.74, 6) is 0.588. The number of nitrogens with zero attached hydrogens (tertiary/aromatic N) is 2. The molecule has 0 radical (unpaired) electrons. The first-order valence-corrected chi connectivity index (χ1v) is 13.6. The van der Waals surface area contributed by atoms with Gasteiger partial charge in [0, 0.05) is 37.4 Å². The molecule has 3 aromatic rings. The van der Waals surface area contributed by atoms with Gasteiger partial charge in [-0.05, 0) is 60.5 Å². The SMILES string of the molecule is COc1ccc(S(=O)(=O)Nc2ccc(N(C)C)c(CN(C(=O)C(C)(C)C)[C@@H](C)c3ccccc3)c2)cc1. The van der Waals surface area contributed by atoms with E-state index in [1.54, 1.807) is 24.3 Å². The molecule has 0 heterocycles. The van der Waals surface area contributed by atoms with E-state index in [0.29, 0.717) is 18.0 Å². The normalized spacial score (nSPS) is 12.5. The van der Waals surface area contributed by atoms with Crippen LogP contribution in [0.5, 0.6) is 5.75 Å². The first-order chi connectivity index (χ1) is 17.3. The Kier molecular flexibility index (Phi) is 8.53. The monoisotopic (exact) mass is 523 g/mol. The van der Waals surface area contributed by atoms with Crippen molar-refractivity contribution in [1.82, 2.24) is 4.90 Å².